The van der Waals surface area contributed by atoms with E-state index in [9.17, 15) is 9.90 Å². The zero-order valence-electron chi connectivity index (χ0n) is 9.38. The summed E-state index contributed by atoms with van der Waals surface area (Å²) in [4.78, 5) is 16.1. The van der Waals surface area contributed by atoms with Crippen LogP contribution < -0.4 is 11.4 Å². The van der Waals surface area contributed by atoms with E-state index in [1.807, 2.05) is 0 Å². The molecule has 0 spiro atoms. The molecule has 0 saturated carbocycles. The lowest BCUT2D eigenvalue weighted by atomic mass is 10.1. The average molecular weight is 339 g/mol. The number of phenols is 1. The highest BCUT2D eigenvalue weighted by molar-refractivity contribution is 9.11. The molecule has 3 N–H and O–H groups in total. The van der Waals surface area contributed by atoms with Crippen LogP contribution in [-0.2, 0) is 0 Å². The maximum absolute atomic E-state index is 12.0. The third-order valence-corrected chi connectivity index (χ3v) is 4.11. The van der Waals surface area contributed by atoms with Gasteiger partial charge in [-0.25, -0.2) is 9.78 Å². The third kappa shape index (κ3) is 2.11. The van der Waals surface area contributed by atoms with Crippen molar-refractivity contribution in [3.63, 3.8) is 0 Å². The lowest BCUT2D eigenvalue weighted by Crippen LogP contribution is -2.03. The number of anilines is 1. The van der Waals surface area contributed by atoms with Crippen LogP contribution in [0.2, 0.25) is 0 Å². The Morgan fingerprint density at radius 3 is 2.84 bits per heavy atom. The largest absolute Gasteiger partial charge is 0.508 e. The molecular weight excluding hydrogens is 332 g/mol. The fourth-order valence-electron chi connectivity index (χ4n) is 1.75. The van der Waals surface area contributed by atoms with Crippen LogP contribution in [0.1, 0.15) is 0 Å². The van der Waals surface area contributed by atoms with E-state index in [-0.39, 0.29) is 5.75 Å². The first kappa shape index (κ1) is 12.2. The minimum atomic E-state index is -0.524. The second kappa shape index (κ2) is 4.36. The van der Waals surface area contributed by atoms with Crippen LogP contribution in [0.5, 0.6) is 5.75 Å². The Balaban J connectivity index is 2.30. The Morgan fingerprint density at radius 2 is 2.16 bits per heavy atom. The molecule has 1 aromatic carbocycles. The van der Waals surface area contributed by atoms with Crippen LogP contribution >= 0.6 is 27.3 Å². The molecule has 0 unspecified atom stereocenters. The quantitative estimate of drug-likeness (QED) is 0.666. The summed E-state index contributed by atoms with van der Waals surface area (Å²) in [6, 6.07) is 6.25. The zero-order chi connectivity index (χ0) is 13.6. The minimum absolute atomic E-state index is 0.0440. The van der Waals surface area contributed by atoms with Gasteiger partial charge in [-0.05, 0) is 34.1 Å². The smallest absolute Gasteiger partial charge is 0.345 e. The summed E-state index contributed by atoms with van der Waals surface area (Å²) in [6.45, 7) is 0. The van der Waals surface area contributed by atoms with Crippen molar-refractivity contribution in [2.24, 2.45) is 0 Å². The first-order valence-corrected chi connectivity index (χ1v) is 6.84. The predicted molar refractivity (Wildman–Crippen MR) is 77.4 cm³/mol. The molecule has 19 heavy (non-hydrogen) atoms. The number of halogens is 1. The van der Waals surface area contributed by atoms with Gasteiger partial charge in [-0.2, -0.15) is 0 Å². The number of rotatable bonds is 1. The summed E-state index contributed by atoms with van der Waals surface area (Å²) in [5, 5.41) is 10.4. The number of phenolic OH excluding ortho intramolecular Hbond substituents is 1. The Labute approximate surface area is 119 Å². The Bertz CT molecular complexity index is 841. The standard InChI is InChI=1S/C12H7BrN2O3S/c13-10-9(15-12(14)19-10)7-3-5-1-2-6(16)4-8(5)18-11(7)17/h1-4,16H,(H2,14,15). The summed E-state index contributed by atoms with van der Waals surface area (Å²) in [5.41, 5.74) is 6.21. The average Bonchev–Trinajstić information content (AvgIpc) is 2.67. The maximum Gasteiger partial charge on any atom is 0.345 e. The van der Waals surface area contributed by atoms with Crippen LogP contribution in [0, 0.1) is 0 Å². The molecule has 0 atom stereocenters. The van der Waals surface area contributed by atoms with Gasteiger partial charge in [0.25, 0.3) is 0 Å². The van der Waals surface area contributed by atoms with Crippen molar-refractivity contribution in [3.05, 3.63) is 38.5 Å². The Hall–Kier alpha value is -1.86. The number of aromatic hydroxyl groups is 1. The highest BCUT2D eigenvalue weighted by Gasteiger charge is 2.15. The van der Waals surface area contributed by atoms with Gasteiger partial charge in [0.2, 0.25) is 0 Å². The van der Waals surface area contributed by atoms with E-state index in [1.54, 1.807) is 12.1 Å². The molecule has 2 aromatic heterocycles. The minimum Gasteiger partial charge on any atom is -0.508 e. The van der Waals surface area contributed by atoms with Gasteiger partial charge in [0.15, 0.2) is 5.13 Å². The van der Waals surface area contributed by atoms with Gasteiger partial charge in [0, 0.05) is 11.5 Å². The van der Waals surface area contributed by atoms with E-state index in [2.05, 4.69) is 20.9 Å². The van der Waals surface area contributed by atoms with Crippen molar-refractivity contribution in [2.45, 2.75) is 0 Å². The number of hydrogen-bond acceptors (Lipinski definition) is 6. The molecule has 2 heterocycles. The molecule has 0 bridgehead atoms. The topological polar surface area (TPSA) is 89.3 Å². The molecule has 3 rings (SSSR count). The number of aromatic nitrogens is 1. The number of benzene rings is 1. The molecule has 96 valence electrons. The molecular formula is C12H7BrN2O3S. The third-order valence-electron chi connectivity index (χ3n) is 2.58. The van der Waals surface area contributed by atoms with Crippen LogP contribution in [0.15, 0.2) is 37.3 Å². The lowest BCUT2D eigenvalue weighted by molar-refractivity contribution is 0.473. The number of fused-ring (bicyclic) bond motifs is 1. The lowest BCUT2D eigenvalue weighted by Gasteiger charge is -2.01. The van der Waals surface area contributed by atoms with Gasteiger partial charge < -0.3 is 15.3 Å². The van der Waals surface area contributed by atoms with Crippen LogP contribution in [0.4, 0.5) is 5.13 Å². The monoisotopic (exact) mass is 338 g/mol. The molecule has 5 nitrogen and oxygen atoms in total. The van der Waals surface area contributed by atoms with E-state index in [1.165, 1.54) is 23.5 Å². The van der Waals surface area contributed by atoms with Crippen LogP contribution in [0.3, 0.4) is 0 Å². The summed E-state index contributed by atoms with van der Waals surface area (Å²) >= 11 is 4.56. The number of nitrogens with two attached hydrogens (primary N) is 1. The van der Waals surface area contributed by atoms with E-state index in [4.69, 9.17) is 10.2 Å². The Kier molecular flexibility index (Phi) is 2.79. The number of thiazole rings is 1. The van der Waals surface area contributed by atoms with Gasteiger partial charge >= 0.3 is 5.63 Å². The van der Waals surface area contributed by atoms with Gasteiger partial charge in [-0.15, -0.1) is 0 Å². The molecule has 0 amide bonds. The molecule has 7 heteroatoms. The van der Waals surface area contributed by atoms with Crippen molar-refractivity contribution in [1.29, 1.82) is 0 Å². The van der Waals surface area contributed by atoms with E-state index in [0.717, 1.165) is 0 Å². The summed E-state index contributed by atoms with van der Waals surface area (Å²) in [7, 11) is 0. The molecule has 3 aromatic rings. The van der Waals surface area contributed by atoms with E-state index >= 15 is 0 Å². The predicted octanol–water partition coefficient (Wildman–Crippen LogP) is 2.97. The van der Waals surface area contributed by atoms with Crippen LogP contribution in [-0.4, -0.2) is 10.1 Å². The fraction of sp³-hybridized carbons (Fsp3) is 0. The first-order chi connectivity index (χ1) is 9.04. The van der Waals surface area contributed by atoms with Gasteiger partial charge in [-0.3, -0.25) is 0 Å². The molecule has 0 saturated heterocycles. The fourth-order valence-corrected chi connectivity index (χ4v) is 3.12. The highest BCUT2D eigenvalue weighted by atomic mass is 79.9. The molecule has 0 aliphatic heterocycles. The number of nitrogens with zero attached hydrogens (tertiary/aromatic N) is 1. The van der Waals surface area contributed by atoms with Gasteiger partial charge in [0.1, 0.15) is 20.8 Å². The molecule has 0 aliphatic rings. The zero-order valence-corrected chi connectivity index (χ0v) is 11.8. The normalized spacial score (nSPS) is 11.0. The van der Waals surface area contributed by atoms with Gasteiger partial charge in [-0.1, -0.05) is 11.3 Å². The second-order valence-corrected chi connectivity index (χ2v) is 6.19. The summed E-state index contributed by atoms with van der Waals surface area (Å²) in [6.07, 6.45) is 0. The summed E-state index contributed by atoms with van der Waals surface area (Å²) in [5.74, 6) is 0.0440. The second-order valence-electron chi connectivity index (χ2n) is 3.84. The summed E-state index contributed by atoms with van der Waals surface area (Å²) < 4.78 is 5.86. The number of hydrogen-bond donors (Lipinski definition) is 2. The van der Waals surface area contributed by atoms with Crippen molar-refractivity contribution in [1.82, 2.24) is 4.98 Å². The maximum atomic E-state index is 12.0. The Morgan fingerprint density at radius 1 is 1.37 bits per heavy atom. The van der Waals surface area contributed by atoms with Gasteiger partial charge in [0.05, 0.1) is 5.56 Å². The molecule has 0 radical (unpaired) electrons. The molecule has 0 fully saturated rings. The van der Waals surface area contributed by atoms with Crippen molar-refractivity contribution < 1.29 is 9.52 Å². The molecule has 0 aliphatic carbocycles. The van der Waals surface area contributed by atoms with Crippen molar-refractivity contribution in [3.8, 4) is 17.0 Å². The van der Waals surface area contributed by atoms with Crippen molar-refractivity contribution >= 4 is 43.4 Å². The van der Waals surface area contributed by atoms with Crippen molar-refractivity contribution in [2.75, 3.05) is 5.73 Å². The van der Waals surface area contributed by atoms with E-state index < -0.39 is 5.63 Å². The van der Waals surface area contributed by atoms with E-state index in [0.29, 0.717) is 31.1 Å². The number of nitrogen functional groups attached to an aromatic ring is 1. The first-order valence-electron chi connectivity index (χ1n) is 5.23. The highest BCUT2D eigenvalue weighted by Crippen LogP contribution is 2.33. The van der Waals surface area contributed by atoms with Crippen LogP contribution in [0.25, 0.3) is 22.2 Å². The SMILES string of the molecule is Nc1nc(-c2cc3ccc(O)cc3oc2=O)c(Br)s1.